The highest BCUT2D eigenvalue weighted by atomic mass is 35.5. The predicted octanol–water partition coefficient (Wildman–Crippen LogP) is 2.67. The van der Waals surface area contributed by atoms with Crippen LogP contribution in [0.4, 0.5) is 5.82 Å². The summed E-state index contributed by atoms with van der Waals surface area (Å²) in [6, 6.07) is 10.2. The second-order valence-corrected chi connectivity index (χ2v) is 8.57. The molecule has 0 radical (unpaired) electrons. The number of fused-ring (bicyclic) bond motifs is 1. The summed E-state index contributed by atoms with van der Waals surface area (Å²) in [5.41, 5.74) is 4.35. The fourth-order valence-electron chi connectivity index (χ4n) is 3.96. The number of nitrogens with zero attached hydrogens (tertiary/aromatic N) is 5. The van der Waals surface area contributed by atoms with E-state index >= 15 is 0 Å². The fourth-order valence-corrected chi connectivity index (χ4v) is 3.96. The molecule has 2 aromatic heterocycles. The summed E-state index contributed by atoms with van der Waals surface area (Å²) in [6.45, 7) is 5.86. The standard InChI is InChI=1S/C24H28N6O3.ClH/c1-15(2)27-22-19(11-25)10-20(12-26-22)24-28-23(29-33-24)18-4-3-16-5-7-30(13-21(32)14-31)8-6-17(16)9-18;/h3-4,9-10,12,15,21,31-32H,5-8,13-14H2,1-2H3,(H,26,27);1H/t21-;/m1./s1. The van der Waals surface area contributed by atoms with Gasteiger partial charge < -0.3 is 25.0 Å². The van der Waals surface area contributed by atoms with Gasteiger partial charge >= 0.3 is 0 Å². The van der Waals surface area contributed by atoms with E-state index in [9.17, 15) is 10.4 Å². The summed E-state index contributed by atoms with van der Waals surface area (Å²) >= 11 is 0. The van der Waals surface area contributed by atoms with Gasteiger partial charge in [0.05, 0.1) is 23.8 Å². The number of nitriles is 1. The molecular weight excluding hydrogens is 456 g/mol. The first-order valence-electron chi connectivity index (χ1n) is 11.1. The third-order valence-corrected chi connectivity index (χ3v) is 5.65. The summed E-state index contributed by atoms with van der Waals surface area (Å²) in [7, 11) is 0. The van der Waals surface area contributed by atoms with Gasteiger partial charge in [0.2, 0.25) is 5.82 Å². The van der Waals surface area contributed by atoms with Gasteiger partial charge in [-0.1, -0.05) is 17.3 Å². The SMILES string of the molecule is CC(C)Nc1ncc(-c2nc(-c3ccc4c(c3)CCN(C[C@@H](O)CO)CC4)no2)cc1C#N.Cl. The molecule has 0 spiro atoms. The van der Waals surface area contributed by atoms with Crippen molar-refractivity contribution in [2.24, 2.45) is 0 Å². The van der Waals surface area contributed by atoms with Crippen LogP contribution in [0.2, 0.25) is 0 Å². The lowest BCUT2D eigenvalue weighted by atomic mass is 10.00. The van der Waals surface area contributed by atoms with E-state index in [2.05, 4.69) is 43.5 Å². The predicted molar refractivity (Wildman–Crippen MR) is 131 cm³/mol. The third-order valence-electron chi connectivity index (χ3n) is 5.65. The summed E-state index contributed by atoms with van der Waals surface area (Å²) < 4.78 is 5.48. The van der Waals surface area contributed by atoms with Crippen molar-refractivity contribution >= 4 is 18.2 Å². The zero-order chi connectivity index (χ0) is 23.4. The van der Waals surface area contributed by atoms with Crippen molar-refractivity contribution in [3.05, 3.63) is 47.2 Å². The minimum Gasteiger partial charge on any atom is -0.394 e. The molecule has 0 unspecified atom stereocenters. The first kappa shape index (κ1) is 25.6. The Morgan fingerprint density at radius 2 is 1.94 bits per heavy atom. The molecular formula is C24H29ClN6O3. The smallest absolute Gasteiger partial charge is 0.259 e. The molecule has 34 heavy (non-hydrogen) atoms. The minimum absolute atomic E-state index is 0. The van der Waals surface area contributed by atoms with E-state index in [1.165, 1.54) is 11.1 Å². The topological polar surface area (TPSA) is 131 Å². The Labute approximate surface area is 204 Å². The number of β-amino-alcohol motifs (C(OH)–C–C–N with tert-alkyl or cyclic N) is 1. The molecule has 3 aromatic rings. The molecule has 3 N–H and O–H groups in total. The summed E-state index contributed by atoms with van der Waals surface area (Å²) in [5, 5.41) is 35.6. The lowest BCUT2D eigenvalue weighted by Gasteiger charge is -2.21. The monoisotopic (exact) mass is 484 g/mol. The number of aliphatic hydroxyl groups excluding tert-OH is 2. The van der Waals surface area contributed by atoms with E-state index in [1.54, 1.807) is 12.3 Å². The van der Waals surface area contributed by atoms with E-state index in [0.717, 1.165) is 31.5 Å². The second-order valence-electron chi connectivity index (χ2n) is 8.57. The zero-order valence-electron chi connectivity index (χ0n) is 19.2. The average Bonchev–Trinajstić information content (AvgIpc) is 3.22. The van der Waals surface area contributed by atoms with Crippen molar-refractivity contribution in [3.63, 3.8) is 0 Å². The maximum atomic E-state index is 9.75. The highest BCUT2D eigenvalue weighted by Crippen LogP contribution is 2.27. The van der Waals surface area contributed by atoms with Crippen molar-refractivity contribution in [3.8, 4) is 28.9 Å². The number of hydrogen-bond donors (Lipinski definition) is 3. The lowest BCUT2D eigenvalue weighted by molar-refractivity contribution is 0.0605. The van der Waals surface area contributed by atoms with Crippen molar-refractivity contribution in [2.75, 3.05) is 31.6 Å². The van der Waals surface area contributed by atoms with Gasteiger partial charge in [-0.25, -0.2) is 4.98 Å². The molecule has 1 atom stereocenters. The van der Waals surface area contributed by atoms with Gasteiger partial charge in [-0.3, -0.25) is 0 Å². The quantitative estimate of drug-likeness (QED) is 0.463. The Kier molecular flexibility index (Phi) is 8.58. The van der Waals surface area contributed by atoms with Gasteiger partial charge in [-0.15, -0.1) is 12.4 Å². The first-order chi connectivity index (χ1) is 16.0. The molecule has 1 aliphatic heterocycles. The van der Waals surface area contributed by atoms with Gasteiger partial charge in [0.25, 0.3) is 5.89 Å². The van der Waals surface area contributed by atoms with Crippen LogP contribution < -0.4 is 5.32 Å². The van der Waals surface area contributed by atoms with Gasteiger partial charge in [-0.2, -0.15) is 10.2 Å². The molecule has 4 rings (SSSR count). The molecule has 10 heteroatoms. The average molecular weight is 485 g/mol. The van der Waals surface area contributed by atoms with Crippen molar-refractivity contribution in [1.82, 2.24) is 20.0 Å². The summed E-state index contributed by atoms with van der Waals surface area (Å²) in [6.07, 6.45) is 2.62. The Hall–Kier alpha value is -3.03. The third kappa shape index (κ3) is 5.90. The fraction of sp³-hybridized carbons (Fsp3) is 0.417. The van der Waals surface area contributed by atoms with Gasteiger partial charge in [0, 0.05) is 37.4 Å². The molecule has 3 heterocycles. The number of rotatable bonds is 7. The van der Waals surface area contributed by atoms with Crippen LogP contribution in [0.3, 0.4) is 0 Å². The highest BCUT2D eigenvalue weighted by Gasteiger charge is 2.19. The van der Waals surface area contributed by atoms with E-state index in [1.807, 2.05) is 19.9 Å². The second kappa shape index (κ2) is 11.4. The van der Waals surface area contributed by atoms with Crippen LogP contribution in [-0.2, 0) is 12.8 Å². The van der Waals surface area contributed by atoms with Gasteiger partial charge in [-0.05, 0) is 49.9 Å². The normalized spacial score (nSPS) is 14.6. The van der Waals surface area contributed by atoms with Crippen LogP contribution in [0, 0.1) is 11.3 Å². The van der Waals surface area contributed by atoms with Crippen molar-refractivity contribution < 1.29 is 14.7 Å². The molecule has 1 aromatic carbocycles. The maximum Gasteiger partial charge on any atom is 0.259 e. The van der Waals surface area contributed by atoms with Gasteiger partial charge in [0.15, 0.2) is 0 Å². The first-order valence-corrected chi connectivity index (χ1v) is 11.1. The van der Waals surface area contributed by atoms with Crippen LogP contribution in [-0.4, -0.2) is 68.6 Å². The van der Waals surface area contributed by atoms with E-state index in [-0.39, 0.29) is 25.1 Å². The Morgan fingerprint density at radius 1 is 1.18 bits per heavy atom. The van der Waals surface area contributed by atoms with Crippen LogP contribution >= 0.6 is 12.4 Å². The molecule has 0 fully saturated rings. The zero-order valence-corrected chi connectivity index (χ0v) is 20.0. The van der Waals surface area contributed by atoms with Crippen LogP contribution in [0.1, 0.15) is 30.5 Å². The number of aliphatic hydroxyl groups is 2. The molecule has 0 aliphatic carbocycles. The van der Waals surface area contributed by atoms with E-state index in [4.69, 9.17) is 9.63 Å². The molecule has 0 saturated heterocycles. The van der Waals surface area contributed by atoms with Crippen LogP contribution in [0.5, 0.6) is 0 Å². The Balaban J connectivity index is 0.00000324. The molecule has 0 amide bonds. The molecule has 180 valence electrons. The minimum atomic E-state index is -0.717. The molecule has 9 nitrogen and oxygen atoms in total. The number of benzene rings is 1. The summed E-state index contributed by atoms with van der Waals surface area (Å²) in [5.74, 6) is 1.32. The van der Waals surface area contributed by atoms with Gasteiger partial charge in [0.1, 0.15) is 11.9 Å². The largest absolute Gasteiger partial charge is 0.394 e. The molecule has 1 aliphatic rings. The van der Waals surface area contributed by atoms with Crippen LogP contribution in [0.15, 0.2) is 35.0 Å². The van der Waals surface area contributed by atoms with E-state index < -0.39 is 6.10 Å². The lowest BCUT2D eigenvalue weighted by Crippen LogP contribution is -2.35. The number of anilines is 1. The van der Waals surface area contributed by atoms with Crippen molar-refractivity contribution in [1.29, 1.82) is 5.26 Å². The highest BCUT2D eigenvalue weighted by molar-refractivity contribution is 5.85. The maximum absolute atomic E-state index is 9.75. The number of aromatic nitrogens is 3. The molecule has 0 bridgehead atoms. The Morgan fingerprint density at radius 3 is 2.65 bits per heavy atom. The van der Waals surface area contributed by atoms with Crippen molar-refractivity contribution in [2.45, 2.75) is 38.8 Å². The number of halogens is 1. The number of pyridine rings is 1. The van der Waals surface area contributed by atoms with Crippen LogP contribution in [0.25, 0.3) is 22.8 Å². The number of nitrogens with one attached hydrogen (secondary N) is 1. The Bertz CT molecular complexity index is 1160. The van der Waals surface area contributed by atoms with E-state index in [0.29, 0.717) is 35.2 Å². The summed E-state index contributed by atoms with van der Waals surface area (Å²) in [4.78, 5) is 11.1. The number of hydrogen-bond acceptors (Lipinski definition) is 9. The molecule has 0 saturated carbocycles.